The van der Waals surface area contributed by atoms with Crippen molar-refractivity contribution in [2.75, 3.05) is 25.1 Å². The van der Waals surface area contributed by atoms with E-state index in [0.717, 1.165) is 18.1 Å². The summed E-state index contributed by atoms with van der Waals surface area (Å²) < 4.78 is 4.63. The van der Waals surface area contributed by atoms with Crippen LogP contribution in [0.25, 0.3) is 0 Å². The number of aromatic carboxylic acids is 1. The molecule has 0 aliphatic carbocycles. The van der Waals surface area contributed by atoms with Crippen molar-refractivity contribution >= 4 is 17.7 Å². The van der Waals surface area contributed by atoms with E-state index in [4.69, 9.17) is 5.11 Å². The fourth-order valence-corrected chi connectivity index (χ4v) is 2.63. The third kappa shape index (κ3) is 2.13. The summed E-state index contributed by atoms with van der Waals surface area (Å²) in [5, 5.41) is 12.3. The molecule has 1 aliphatic heterocycles. The predicted molar refractivity (Wildman–Crippen MR) is 54.0 cm³/mol. The van der Waals surface area contributed by atoms with Crippen LogP contribution in [-0.4, -0.2) is 51.2 Å². The largest absolute Gasteiger partial charge is 0.474 e. The second kappa shape index (κ2) is 4.19. The summed E-state index contributed by atoms with van der Waals surface area (Å²) in [5.41, 5.74) is 0. The van der Waals surface area contributed by atoms with E-state index in [2.05, 4.69) is 19.6 Å². The molecule has 1 fully saturated rings. The molecule has 15 heavy (non-hydrogen) atoms. The molecule has 1 aliphatic rings. The SMILES string of the molecule is CN1CCSCC1c1noc(C(=O)O)n1. The van der Waals surface area contributed by atoms with E-state index in [0.29, 0.717) is 5.82 Å². The van der Waals surface area contributed by atoms with Gasteiger partial charge in [-0.25, -0.2) is 4.79 Å². The minimum atomic E-state index is -1.18. The van der Waals surface area contributed by atoms with Crippen LogP contribution in [0.1, 0.15) is 22.6 Å². The van der Waals surface area contributed by atoms with Crippen LogP contribution < -0.4 is 0 Å². The Labute approximate surface area is 90.6 Å². The molecule has 0 spiro atoms. The van der Waals surface area contributed by atoms with Gasteiger partial charge in [0.25, 0.3) is 0 Å². The van der Waals surface area contributed by atoms with E-state index in [1.54, 1.807) is 0 Å². The van der Waals surface area contributed by atoms with Gasteiger partial charge in [0.05, 0.1) is 6.04 Å². The molecule has 6 nitrogen and oxygen atoms in total. The number of thioether (sulfide) groups is 1. The van der Waals surface area contributed by atoms with Crippen LogP contribution in [0, 0.1) is 0 Å². The van der Waals surface area contributed by atoms with E-state index in [1.165, 1.54) is 0 Å². The number of aromatic nitrogens is 2. The maximum atomic E-state index is 10.6. The lowest BCUT2D eigenvalue weighted by molar-refractivity contribution is 0.0643. The number of carboxylic acids is 1. The van der Waals surface area contributed by atoms with Gasteiger partial charge in [-0.15, -0.1) is 0 Å². The number of hydrogen-bond acceptors (Lipinski definition) is 6. The molecule has 0 bridgehead atoms. The van der Waals surface area contributed by atoms with E-state index in [1.807, 2.05) is 18.8 Å². The summed E-state index contributed by atoms with van der Waals surface area (Å²) in [4.78, 5) is 16.5. The molecule has 2 rings (SSSR count). The third-order valence-electron chi connectivity index (χ3n) is 2.32. The van der Waals surface area contributed by atoms with Gasteiger partial charge in [0.2, 0.25) is 0 Å². The monoisotopic (exact) mass is 229 g/mol. The van der Waals surface area contributed by atoms with Crippen molar-refractivity contribution in [2.45, 2.75) is 6.04 Å². The summed E-state index contributed by atoms with van der Waals surface area (Å²) in [6.45, 7) is 0.951. The van der Waals surface area contributed by atoms with Gasteiger partial charge in [0.15, 0.2) is 5.82 Å². The van der Waals surface area contributed by atoms with Crippen molar-refractivity contribution in [3.05, 3.63) is 11.7 Å². The number of carbonyl (C=O) groups is 1. The van der Waals surface area contributed by atoms with E-state index >= 15 is 0 Å². The minimum absolute atomic E-state index is 0.0561. The summed E-state index contributed by atoms with van der Waals surface area (Å²) in [7, 11) is 1.97. The first-order valence-electron chi connectivity index (χ1n) is 4.53. The number of hydrogen-bond donors (Lipinski definition) is 1. The first kappa shape index (κ1) is 10.4. The van der Waals surface area contributed by atoms with Gasteiger partial charge in [-0.05, 0) is 7.05 Å². The van der Waals surface area contributed by atoms with Crippen molar-refractivity contribution in [3.8, 4) is 0 Å². The Bertz CT molecular complexity index is 368. The van der Waals surface area contributed by atoms with Crippen LogP contribution in [-0.2, 0) is 0 Å². The molecule has 1 aromatic rings. The van der Waals surface area contributed by atoms with Gasteiger partial charge < -0.3 is 9.63 Å². The maximum absolute atomic E-state index is 10.6. The molecule has 82 valence electrons. The topological polar surface area (TPSA) is 79.5 Å². The minimum Gasteiger partial charge on any atom is -0.474 e. The number of carboxylic acid groups (broad SMARTS) is 1. The van der Waals surface area contributed by atoms with Gasteiger partial charge in [0.1, 0.15) is 0 Å². The molecule has 1 unspecified atom stereocenters. The van der Waals surface area contributed by atoms with Crippen LogP contribution in [0.5, 0.6) is 0 Å². The summed E-state index contributed by atoms with van der Waals surface area (Å²) in [5.74, 6) is 0.891. The fourth-order valence-electron chi connectivity index (χ4n) is 1.42. The molecule has 1 saturated heterocycles. The lowest BCUT2D eigenvalue weighted by Gasteiger charge is -2.29. The van der Waals surface area contributed by atoms with Gasteiger partial charge in [-0.1, -0.05) is 5.16 Å². The van der Waals surface area contributed by atoms with Gasteiger partial charge in [0, 0.05) is 18.1 Å². The molecule has 1 aromatic heterocycles. The van der Waals surface area contributed by atoms with Crippen LogP contribution in [0.2, 0.25) is 0 Å². The van der Waals surface area contributed by atoms with Crippen molar-refractivity contribution in [3.63, 3.8) is 0 Å². The second-order valence-electron chi connectivity index (χ2n) is 3.33. The quantitative estimate of drug-likeness (QED) is 0.790. The predicted octanol–water partition coefficient (Wildman–Crippen LogP) is 0.487. The third-order valence-corrected chi connectivity index (χ3v) is 3.34. The van der Waals surface area contributed by atoms with E-state index < -0.39 is 5.97 Å². The molecule has 0 aromatic carbocycles. The molecule has 7 heteroatoms. The van der Waals surface area contributed by atoms with Gasteiger partial charge in [-0.3, -0.25) is 4.90 Å². The van der Waals surface area contributed by atoms with E-state index in [-0.39, 0.29) is 11.9 Å². The van der Waals surface area contributed by atoms with Crippen molar-refractivity contribution < 1.29 is 14.4 Å². The lowest BCUT2D eigenvalue weighted by Crippen LogP contribution is -2.33. The Balaban J connectivity index is 2.17. The summed E-state index contributed by atoms with van der Waals surface area (Å²) >= 11 is 1.81. The average molecular weight is 229 g/mol. The summed E-state index contributed by atoms with van der Waals surface area (Å²) in [6.07, 6.45) is 0. The van der Waals surface area contributed by atoms with E-state index in [9.17, 15) is 4.79 Å². The van der Waals surface area contributed by atoms with Crippen LogP contribution >= 0.6 is 11.8 Å². The maximum Gasteiger partial charge on any atom is 0.394 e. The molecule has 1 atom stereocenters. The zero-order valence-corrected chi connectivity index (χ0v) is 9.03. The Kier molecular flexibility index (Phi) is 2.92. The zero-order chi connectivity index (χ0) is 10.8. The number of rotatable bonds is 2. The van der Waals surface area contributed by atoms with Crippen LogP contribution in [0.4, 0.5) is 0 Å². The Morgan fingerprint density at radius 2 is 2.53 bits per heavy atom. The smallest absolute Gasteiger partial charge is 0.394 e. The Morgan fingerprint density at radius 3 is 3.13 bits per heavy atom. The number of nitrogens with zero attached hydrogens (tertiary/aromatic N) is 3. The van der Waals surface area contributed by atoms with Crippen molar-refractivity contribution in [2.24, 2.45) is 0 Å². The highest BCUT2D eigenvalue weighted by molar-refractivity contribution is 7.99. The first-order valence-corrected chi connectivity index (χ1v) is 5.69. The van der Waals surface area contributed by atoms with Gasteiger partial charge in [-0.2, -0.15) is 16.7 Å². The first-order chi connectivity index (χ1) is 7.18. The molecule has 1 N–H and O–H groups in total. The average Bonchev–Trinajstić information content (AvgIpc) is 2.67. The standard InChI is InChI=1S/C8H11N3O3S/c1-11-2-3-15-4-5(11)6-9-7(8(12)13)14-10-6/h5H,2-4H2,1H3,(H,12,13). The molecule has 2 heterocycles. The summed E-state index contributed by atoms with van der Waals surface area (Å²) in [6, 6.07) is 0.0561. The molecular weight excluding hydrogens is 218 g/mol. The van der Waals surface area contributed by atoms with Crippen molar-refractivity contribution in [1.29, 1.82) is 0 Å². The lowest BCUT2D eigenvalue weighted by atomic mass is 10.3. The van der Waals surface area contributed by atoms with Crippen LogP contribution in [0.3, 0.4) is 0 Å². The Morgan fingerprint density at radius 1 is 1.73 bits per heavy atom. The molecule has 0 amide bonds. The highest BCUT2D eigenvalue weighted by Gasteiger charge is 2.26. The highest BCUT2D eigenvalue weighted by Crippen LogP contribution is 2.25. The van der Waals surface area contributed by atoms with Gasteiger partial charge >= 0.3 is 11.9 Å². The molecule has 0 radical (unpaired) electrons. The fraction of sp³-hybridized carbons (Fsp3) is 0.625. The zero-order valence-electron chi connectivity index (χ0n) is 8.21. The molecule has 0 saturated carbocycles. The molecular formula is C8H11N3O3S. The Hall–Kier alpha value is -1.08. The van der Waals surface area contributed by atoms with Crippen molar-refractivity contribution in [1.82, 2.24) is 15.0 Å². The second-order valence-corrected chi connectivity index (χ2v) is 4.48. The highest BCUT2D eigenvalue weighted by atomic mass is 32.2. The normalized spacial score (nSPS) is 22.9. The van der Waals surface area contributed by atoms with Crippen LogP contribution in [0.15, 0.2) is 4.52 Å².